The van der Waals surface area contributed by atoms with E-state index >= 15 is 0 Å². The van der Waals surface area contributed by atoms with E-state index in [0.29, 0.717) is 30.6 Å². The van der Waals surface area contributed by atoms with Crippen LogP contribution in [-0.2, 0) is 13.2 Å². The molecule has 2 rings (SSSR count). The van der Waals surface area contributed by atoms with Gasteiger partial charge in [0.25, 0.3) is 0 Å². The van der Waals surface area contributed by atoms with E-state index in [9.17, 15) is 4.91 Å². The second kappa shape index (κ2) is 8.17. The highest BCUT2D eigenvalue weighted by Crippen LogP contribution is 2.30. The molecule has 0 aliphatic rings. The standard InChI is InChI=1S/C18H21NO3/c1-14(2)12-21-17-9-8-16(11-19-20)10-18(17)22-13-15-6-4-3-5-7-15/h3-10,14H,11-13H2,1-2H3. The van der Waals surface area contributed by atoms with E-state index in [4.69, 9.17) is 9.47 Å². The van der Waals surface area contributed by atoms with Crippen molar-refractivity contribution in [2.45, 2.75) is 27.0 Å². The van der Waals surface area contributed by atoms with Crippen LogP contribution < -0.4 is 9.47 Å². The third-order valence-electron chi connectivity index (χ3n) is 3.06. The van der Waals surface area contributed by atoms with Gasteiger partial charge in [0.05, 0.1) is 6.61 Å². The number of hydrogen-bond acceptors (Lipinski definition) is 4. The van der Waals surface area contributed by atoms with Gasteiger partial charge in [0.1, 0.15) is 13.2 Å². The molecule has 2 aromatic carbocycles. The largest absolute Gasteiger partial charge is 0.489 e. The molecule has 2 aromatic rings. The number of rotatable bonds is 8. The molecule has 0 aromatic heterocycles. The van der Waals surface area contributed by atoms with E-state index < -0.39 is 0 Å². The Bertz CT molecular complexity index is 597. The lowest BCUT2D eigenvalue weighted by molar-refractivity contribution is 0.239. The summed E-state index contributed by atoms with van der Waals surface area (Å²) < 4.78 is 11.7. The van der Waals surface area contributed by atoms with Gasteiger partial charge in [0.15, 0.2) is 11.5 Å². The van der Waals surface area contributed by atoms with Gasteiger partial charge in [0, 0.05) is 0 Å². The first-order chi connectivity index (χ1) is 10.7. The fourth-order valence-electron chi connectivity index (χ4n) is 1.95. The number of benzene rings is 2. The fourth-order valence-corrected chi connectivity index (χ4v) is 1.95. The van der Waals surface area contributed by atoms with Gasteiger partial charge in [-0.15, -0.1) is 0 Å². The summed E-state index contributed by atoms with van der Waals surface area (Å²) in [6.07, 6.45) is 0. The van der Waals surface area contributed by atoms with Gasteiger partial charge in [-0.25, -0.2) is 0 Å². The third-order valence-corrected chi connectivity index (χ3v) is 3.06. The van der Waals surface area contributed by atoms with Crippen molar-refractivity contribution in [2.24, 2.45) is 11.1 Å². The van der Waals surface area contributed by atoms with Crippen molar-refractivity contribution in [3.63, 3.8) is 0 Å². The molecule has 0 atom stereocenters. The molecule has 0 N–H and O–H groups in total. The highest BCUT2D eigenvalue weighted by Gasteiger charge is 2.08. The Balaban J connectivity index is 2.13. The van der Waals surface area contributed by atoms with Crippen molar-refractivity contribution in [1.82, 2.24) is 0 Å². The van der Waals surface area contributed by atoms with E-state index in [-0.39, 0.29) is 6.54 Å². The van der Waals surface area contributed by atoms with Crippen LogP contribution in [0.15, 0.2) is 53.7 Å². The van der Waals surface area contributed by atoms with Crippen LogP contribution in [0.4, 0.5) is 0 Å². The Hall–Kier alpha value is -2.36. The molecule has 0 bridgehead atoms. The Morgan fingerprint density at radius 2 is 1.73 bits per heavy atom. The summed E-state index contributed by atoms with van der Waals surface area (Å²) >= 11 is 0. The van der Waals surface area contributed by atoms with E-state index in [1.165, 1.54) is 0 Å². The van der Waals surface area contributed by atoms with Gasteiger partial charge in [-0.05, 0) is 29.2 Å². The van der Waals surface area contributed by atoms with Crippen molar-refractivity contribution in [3.05, 3.63) is 64.6 Å². The highest BCUT2D eigenvalue weighted by atomic mass is 16.5. The summed E-state index contributed by atoms with van der Waals surface area (Å²) in [5.74, 6) is 1.77. The molecule has 0 radical (unpaired) electrons. The van der Waals surface area contributed by atoms with Crippen LogP contribution in [0.3, 0.4) is 0 Å². The first-order valence-corrected chi connectivity index (χ1v) is 7.40. The van der Waals surface area contributed by atoms with Crippen LogP contribution in [0.5, 0.6) is 11.5 Å². The van der Waals surface area contributed by atoms with Crippen LogP contribution in [0, 0.1) is 10.8 Å². The quantitative estimate of drug-likeness (QED) is 0.671. The van der Waals surface area contributed by atoms with Gasteiger partial charge < -0.3 is 9.47 Å². The van der Waals surface area contributed by atoms with Crippen LogP contribution in [-0.4, -0.2) is 6.61 Å². The van der Waals surface area contributed by atoms with Crippen molar-refractivity contribution in [1.29, 1.82) is 0 Å². The topological polar surface area (TPSA) is 47.9 Å². The van der Waals surface area contributed by atoms with Gasteiger partial charge in [-0.2, -0.15) is 4.91 Å². The molecule has 0 aliphatic carbocycles. The molecule has 4 heteroatoms. The van der Waals surface area contributed by atoms with Crippen molar-refractivity contribution in [3.8, 4) is 11.5 Å². The average Bonchev–Trinajstić information content (AvgIpc) is 2.53. The maximum absolute atomic E-state index is 10.4. The maximum atomic E-state index is 10.4. The Morgan fingerprint density at radius 1 is 0.955 bits per heavy atom. The van der Waals surface area contributed by atoms with Crippen LogP contribution in [0.2, 0.25) is 0 Å². The zero-order valence-corrected chi connectivity index (χ0v) is 13.0. The number of hydrogen-bond donors (Lipinski definition) is 0. The lowest BCUT2D eigenvalue weighted by Gasteiger charge is -2.15. The first kappa shape index (κ1) is 16.0. The number of ether oxygens (including phenoxy) is 2. The number of nitrogens with zero attached hydrogens (tertiary/aromatic N) is 1. The molecule has 0 fully saturated rings. The molecule has 0 unspecified atom stereocenters. The van der Waals surface area contributed by atoms with Crippen molar-refractivity contribution in [2.75, 3.05) is 6.61 Å². The molecule has 0 amide bonds. The smallest absolute Gasteiger partial charge is 0.162 e. The Kier molecular flexibility index (Phi) is 5.95. The van der Waals surface area contributed by atoms with Crippen molar-refractivity contribution >= 4 is 0 Å². The van der Waals surface area contributed by atoms with E-state index in [1.54, 1.807) is 0 Å². The molecular formula is C18H21NO3. The van der Waals surface area contributed by atoms with Crippen molar-refractivity contribution < 1.29 is 9.47 Å². The van der Waals surface area contributed by atoms with Crippen LogP contribution >= 0.6 is 0 Å². The second-order valence-electron chi connectivity index (χ2n) is 5.55. The summed E-state index contributed by atoms with van der Waals surface area (Å²) in [7, 11) is 0. The summed E-state index contributed by atoms with van der Waals surface area (Å²) in [6.45, 7) is 5.39. The zero-order valence-electron chi connectivity index (χ0n) is 13.0. The average molecular weight is 299 g/mol. The van der Waals surface area contributed by atoms with E-state index in [2.05, 4.69) is 19.0 Å². The van der Waals surface area contributed by atoms with E-state index in [0.717, 1.165) is 11.1 Å². The monoisotopic (exact) mass is 299 g/mol. The zero-order chi connectivity index (χ0) is 15.8. The molecule has 0 saturated heterocycles. The van der Waals surface area contributed by atoms with E-state index in [1.807, 2.05) is 48.5 Å². The Labute approximate surface area is 131 Å². The molecule has 22 heavy (non-hydrogen) atoms. The van der Waals surface area contributed by atoms with Gasteiger partial charge >= 0.3 is 0 Å². The molecule has 0 spiro atoms. The minimum absolute atomic E-state index is 0.131. The lowest BCUT2D eigenvalue weighted by atomic mass is 10.2. The van der Waals surface area contributed by atoms with Gasteiger partial charge in [0.2, 0.25) is 0 Å². The van der Waals surface area contributed by atoms with Crippen LogP contribution in [0.25, 0.3) is 0 Å². The molecular weight excluding hydrogens is 278 g/mol. The number of nitroso groups, excluding NO2 is 1. The SMILES string of the molecule is CC(C)COc1ccc(CN=O)cc1OCc1ccccc1. The summed E-state index contributed by atoms with van der Waals surface area (Å²) in [5.41, 5.74) is 1.89. The molecule has 116 valence electrons. The van der Waals surface area contributed by atoms with Gasteiger partial charge in [-0.1, -0.05) is 55.4 Å². The first-order valence-electron chi connectivity index (χ1n) is 7.40. The van der Waals surface area contributed by atoms with Crippen LogP contribution in [0.1, 0.15) is 25.0 Å². The fraction of sp³-hybridized carbons (Fsp3) is 0.333. The Morgan fingerprint density at radius 3 is 2.41 bits per heavy atom. The molecule has 0 saturated carbocycles. The predicted octanol–water partition coefficient (Wildman–Crippen LogP) is 4.57. The highest BCUT2D eigenvalue weighted by molar-refractivity contribution is 5.43. The summed E-state index contributed by atoms with van der Waals surface area (Å²) in [6, 6.07) is 15.4. The second-order valence-corrected chi connectivity index (χ2v) is 5.55. The molecule has 0 aliphatic heterocycles. The normalized spacial score (nSPS) is 10.5. The summed E-state index contributed by atoms with van der Waals surface area (Å²) in [4.78, 5) is 10.4. The van der Waals surface area contributed by atoms with Gasteiger partial charge in [-0.3, -0.25) is 0 Å². The predicted molar refractivity (Wildman–Crippen MR) is 87.0 cm³/mol. The lowest BCUT2D eigenvalue weighted by Crippen LogP contribution is -2.06. The minimum atomic E-state index is 0.131. The maximum Gasteiger partial charge on any atom is 0.162 e. The molecule has 0 heterocycles. The molecule has 4 nitrogen and oxygen atoms in total. The third kappa shape index (κ3) is 4.88. The minimum Gasteiger partial charge on any atom is -0.489 e. The summed E-state index contributed by atoms with van der Waals surface area (Å²) in [5, 5.41) is 2.92.